The summed E-state index contributed by atoms with van der Waals surface area (Å²) < 4.78 is 5.79. The molecule has 0 aromatic carbocycles. The van der Waals surface area contributed by atoms with Crippen molar-refractivity contribution in [1.29, 1.82) is 0 Å². The van der Waals surface area contributed by atoms with Crippen molar-refractivity contribution in [3.05, 3.63) is 34.3 Å². The van der Waals surface area contributed by atoms with Gasteiger partial charge in [0.1, 0.15) is 5.69 Å². The van der Waals surface area contributed by atoms with Crippen molar-refractivity contribution in [3.63, 3.8) is 0 Å². The van der Waals surface area contributed by atoms with Gasteiger partial charge in [0.2, 0.25) is 0 Å². The largest absolute Gasteiger partial charge is 0.459 e. The van der Waals surface area contributed by atoms with Crippen LogP contribution in [0.2, 0.25) is 4.34 Å². The van der Waals surface area contributed by atoms with Crippen molar-refractivity contribution in [1.82, 2.24) is 4.98 Å². The maximum absolute atomic E-state index is 11.9. The first-order valence-electron chi connectivity index (χ1n) is 5.70. The molecule has 0 saturated heterocycles. The number of thiophene rings is 1. The van der Waals surface area contributed by atoms with Crippen LogP contribution in [0, 0.1) is 0 Å². The maximum atomic E-state index is 11.9. The Morgan fingerprint density at radius 1 is 1.42 bits per heavy atom. The van der Waals surface area contributed by atoms with Crippen molar-refractivity contribution in [2.75, 3.05) is 5.73 Å². The summed E-state index contributed by atoms with van der Waals surface area (Å²) in [5.74, 6) is -0.446. The van der Waals surface area contributed by atoms with Gasteiger partial charge in [0.05, 0.1) is 26.6 Å². The van der Waals surface area contributed by atoms with Crippen LogP contribution in [0.4, 0.5) is 5.69 Å². The van der Waals surface area contributed by atoms with Crippen LogP contribution in [-0.4, -0.2) is 17.1 Å². The number of nitrogen functional groups attached to an aromatic ring is 1. The zero-order valence-electron chi connectivity index (χ0n) is 10.5. The van der Waals surface area contributed by atoms with Crippen LogP contribution in [0.25, 0.3) is 10.6 Å². The molecule has 2 heterocycles. The van der Waals surface area contributed by atoms with Crippen molar-refractivity contribution < 1.29 is 9.53 Å². The normalized spacial score (nSPS) is 10.7. The van der Waals surface area contributed by atoms with E-state index in [1.165, 1.54) is 17.5 Å². The number of nitrogens with zero attached hydrogens (tertiary/aromatic N) is 1. The highest BCUT2D eigenvalue weighted by Crippen LogP contribution is 2.34. The number of carbonyl (C=O) groups is 1. The van der Waals surface area contributed by atoms with E-state index in [1.54, 1.807) is 26.0 Å². The Morgan fingerprint density at radius 3 is 2.74 bits per heavy atom. The first-order valence-corrected chi connectivity index (χ1v) is 6.89. The molecule has 0 aliphatic rings. The highest BCUT2D eigenvalue weighted by molar-refractivity contribution is 7.19. The third-order valence-electron chi connectivity index (χ3n) is 2.36. The molecule has 4 nitrogen and oxygen atoms in total. The Bertz CT molecular complexity index is 610. The molecule has 2 aromatic heterocycles. The van der Waals surface area contributed by atoms with E-state index in [4.69, 9.17) is 22.1 Å². The van der Waals surface area contributed by atoms with Gasteiger partial charge in [-0.05, 0) is 32.0 Å². The number of carbonyl (C=O) groups excluding carboxylic acids is 1. The van der Waals surface area contributed by atoms with Crippen molar-refractivity contribution in [2.24, 2.45) is 0 Å². The van der Waals surface area contributed by atoms with Gasteiger partial charge in [0, 0.05) is 6.20 Å². The van der Waals surface area contributed by atoms with Gasteiger partial charge in [0.15, 0.2) is 0 Å². The summed E-state index contributed by atoms with van der Waals surface area (Å²) in [5.41, 5.74) is 7.19. The molecule has 0 radical (unpaired) electrons. The van der Waals surface area contributed by atoms with E-state index in [-0.39, 0.29) is 6.10 Å². The molecule has 100 valence electrons. The average Bonchev–Trinajstić information content (AvgIpc) is 2.75. The lowest BCUT2D eigenvalue weighted by atomic mass is 10.1. The molecule has 0 aliphatic carbocycles. The molecule has 0 aliphatic heterocycles. The van der Waals surface area contributed by atoms with Gasteiger partial charge in [-0.25, -0.2) is 4.79 Å². The minimum Gasteiger partial charge on any atom is -0.459 e. The molecule has 2 rings (SSSR count). The van der Waals surface area contributed by atoms with Crippen LogP contribution in [0.5, 0.6) is 0 Å². The van der Waals surface area contributed by atoms with E-state index in [1.807, 2.05) is 6.07 Å². The molecule has 0 spiro atoms. The molecule has 19 heavy (non-hydrogen) atoms. The second-order valence-electron chi connectivity index (χ2n) is 4.18. The minimum absolute atomic E-state index is 0.195. The molecule has 0 fully saturated rings. The Morgan fingerprint density at radius 2 is 2.16 bits per heavy atom. The van der Waals surface area contributed by atoms with E-state index in [9.17, 15) is 4.79 Å². The number of nitrogens with two attached hydrogens (primary N) is 1. The molecule has 0 amide bonds. The predicted molar refractivity (Wildman–Crippen MR) is 77.5 cm³/mol. The van der Waals surface area contributed by atoms with Gasteiger partial charge in [-0.1, -0.05) is 11.6 Å². The number of ether oxygens (including phenoxy) is 1. The Balaban J connectivity index is 2.41. The predicted octanol–water partition coefficient (Wildman–Crippen LogP) is 3.61. The molecule has 0 atom stereocenters. The minimum atomic E-state index is -0.446. The van der Waals surface area contributed by atoms with E-state index in [2.05, 4.69) is 4.98 Å². The Hall–Kier alpha value is -1.59. The fourth-order valence-electron chi connectivity index (χ4n) is 1.57. The first kappa shape index (κ1) is 13.8. The Kier molecular flexibility index (Phi) is 4.07. The number of esters is 1. The van der Waals surface area contributed by atoms with Crippen LogP contribution < -0.4 is 5.73 Å². The molecular weight excluding hydrogens is 284 g/mol. The van der Waals surface area contributed by atoms with Crippen molar-refractivity contribution in [2.45, 2.75) is 20.0 Å². The van der Waals surface area contributed by atoms with Gasteiger partial charge in [0.25, 0.3) is 0 Å². The highest BCUT2D eigenvalue weighted by atomic mass is 35.5. The van der Waals surface area contributed by atoms with Gasteiger partial charge >= 0.3 is 5.97 Å². The van der Waals surface area contributed by atoms with Gasteiger partial charge in [-0.15, -0.1) is 11.3 Å². The van der Waals surface area contributed by atoms with Gasteiger partial charge in [-0.2, -0.15) is 0 Å². The number of aromatic nitrogens is 1. The second-order valence-corrected chi connectivity index (χ2v) is 5.89. The Labute approximate surface area is 120 Å². The topological polar surface area (TPSA) is 65.2 Å². The zero-order valence-corrected chi connectivity index (χ0v) is 12.1. The number of pyridine rings is 1. The third kappa shape index (κ3) is 3.05. The summed E-state index contributed by atoms with van der Waals surface area (Å²) in [6.45, 7) is 3.57. The summed E-state index contributed by atoms with van der Waals surface area (Å²) in [4.78, 5) is 16.9. The fourth-order valence-corrected chi connectivity index (χ4v) is 2.62. The third-order valence-corrected chi connectivity index (χ3v) is 3.60. The number of halogens is 1. The van der Waals surface area contributed by atoms with Gasteiger partial charge < -0.3 is 10.5 Å². The van der Waals surface area contributed by atoms with Crippen molar-refractivity contribution >= 4 is 34.6 Å². The van der Waals surface area contributed by atoms with Crippen LogP contribution in [0.15, 0.2) is 24.4 Å². The monoisotopic (exact) mass is 296 g/mol. The highest BCUT2D eigenvalue weighted by Gasteiger charge is 2.17. The summed E-state index contributed by atoms with van der Waals surface area (Å²) in [7, 11) is 0. The smallest absolute Gasteiger partial charge is 0.340 e. The van der Waals surface area contributed by atoms with Crippen molar-refractivity contribution in [3.8, 4) is 10.6 Å². The summed E-state index contributed by atoms with van der Waals surface area (Å²) in [6.07, 6.45) is 1.34. The zero-order chi connectivity index (χ0) is 14.0. The summed E-state index contributed by atoms with van der Waals surface area (Å²) in [5, 5.41) is 0. The average molecular weight is 297 g/mol. The lowest BCUT2D eigenvalue weighted by molar-refractivity contribution is 0.0379. The molecule has 2 N–H and O–H groups in total. The maximum Gasteiger partial charge on any atom is 0.340 e. The van der Waals surface area contributed by atoms with Crippen LogP contribution in [0.3, 0.4) is 0 Å². The first-order chi connectivity index (χ1) is 8.99. The van der Waals surface area contributed by atoms with E-state index < -0.39 is 5.97 Å². The molecule has 2 aromatic rings. The SMILES string of the molecule is CC(C)OC(=O)c1ccnc(-c2ccc(Cl)s2)c1N. The van der Waals surface area contributed by atoms with Gasteiger partial charge in [-0.3, -0.25) is 4.98 Å². The number of rotatable bonds is 3. The standard InChI is InChI=1S/C13H13ClN2O2S/c1-7(2)18-13(17)8-5-6-16-12(11(8)15)9-3-4-10(14)19-9/h3-7H,15H2,1-2H3. The molecule has 6 heteroatoms. The second kappa shape index (κ2) is 5.59. The lowest BCUT2D eigenvalue weighted by Crippen LogP contribution is -2.14. The summed E-state index contributed by atoms with van der Waals surface area (Å²) >= 11 is 7.25. The molecule has 0 unspecified atom stereocenters. The summed E-state index contributed by atoms with van der Waals surface area (Å²) in [6, 6.07) is 5.14. The van der Waals surface area contributed by atoms with Crippen LogP contribution in [-0.2, 0) is 4.74 Å². The van der Waals surface area contributed by atoms with Crippen LogP contribution >= 0.6 is 22.9 Å². The molecular formula is C13H13ClN2O2S. The van der Waals surface area contributed by atoms with E-state index in [0.717, 1.165) is 4.88 Å². The number of anilines is 1. The lowest BCUT2D eigenvalue weighted by Gasteiger charge is -2.11. The fraction of sp³-hybridized carbons (Fsp3) is 0.231. The van der Waals surface area contributed by atoms with E-state index in [0.29, 0.717) is 21.3 Å². The number of hydrogen-bond acceptors (Lipinski definition) is 5. The number of hydrogen-bond donors (Lipinski definition) is 1. The quantitative estimate of drug-likeness (QED) is 0.879. The molecule has 0 bridgehead atoms. The molecule has 0 saturated carbocycles. The van der Waals surface area contributed by atoms with Crippen LogP contribution in [0.1, 0.15) is 24.2 Å². The van der Waals surface area contributed by atoms with E-state index >= 15 is 0 Å².